The highest BCUT2D eigenvalue weighted by atomic mass is 35.5. The molecule has 0 bridgehead atoms. The third-order valence-electron chi connectivity index (χ3n) is 4.54. The van der Waals surface area contributed by atoms with Crippen LogP contribution >= 0.6 is 11.6 Å². The van der Waals surface area contributed by atoms with Gasteiger partial charge < -0.3 is 19.5 Å². The lowest BCUT2D eigenvalue weighted by molar-refractivity contribution is 0.0942. The number of carbonyl (C=O) groups is 1. The van der Waals surface area contributed by atoms with E-state index in [1.165, 1.54) is 21.3 Å². The fraction of sp³-hybridized carbons (Fsp3) is 0.174. The second kappa shape index (κ2) is 9.34. The summed E-state index contributed by atoms with van der Waals surface area (Å²) in [6.07, 6.45) is 0. The van der Waals surface area contributed by atoms with Crippen molar-refractivity contribution in [3.8, 4) is 17.2 Å². The zero-order valence-electron chi connectivity index (χ0n) is 16.4. The lowest BCUT2D eigenvalue weighted by atomic mass is 9.98. The van der Waals surface area contributed by atoms with Crippen molar-refractivity contribution in [3.63, 3.8) is 0 Å². The molecular weight excluding hydrogens is 390 g/mol. The molecule has 150 valence electrons. The molecule has 3 aromatic carbocycles. The van der Waals surface area contributed by atoms with Gasteiger partial charge in [0.05, 0.1) is 27.4 Å². The molecule has 5 nitrogen and oxygen atoms in total. The number of rotatable bonds is 7. The number of hydrogen-bond acceptors (Lipinski definition) is 4. The molecule has 3 rings (SSSR count). The number of nitrogens with one attached hydrogen (secondary N) is 1. The molecule has 1 atom stereocenters. The zero-order chi connectivity index (χ0) is 20.8. The third-order valence-corrected chi connectivity index (χ3v) is 4.79. The summed E-state index contributed by atoms with van der Waals surface area (Å²) >= 11 is 6.03. The Morgan fingerprint density at radius 2 is 1.38 bits per heavy atom. The Bertz CT molecular complexity index is 949. The maximum Gasteiger partial charge on any atom is 0.252 e. The second-order valence-corrected chi connectivity index (χ2v) is 6.72. The van der Waals surface area contributed by atoms with Gasteiger partial charge in [-0.2, -0.15) is 0 Å². The summed E-state index contributed by atoms with van der Waals surface area (Å²) in [5.41, 5.74) is 2.27. The van der Waals surface area contributed by atoms with Crippen LogP contribution in [0.5, 0.6) is 17.2 Å². The monoisotopic (exact) mass is 411 g/mol. The van der Waals surface area contributed by atoms with Gasteiger partial charge in [0, 0.05) is 10.6 Å². The molecule has 1 unspecified atom stereocenters. The standard InChI is InChI=1S/C23H22ClNO4/c1-27-19-13-17(14-20(28-2)22(19)29-3)23(26)25-21(15-7-5-4-6-8-15)16-9-11-18(24)12-10-16/h4-14,21H,1-3H3,(H,25,26). The number of carbonyl (C=O) groups excluding carboxylic acids is 1. The molecule has 0 fully saturated rings. The maximum atomic E-state index is 13.1. The van der Waals surface area contributed by atoms with Crippen LogP contribution in [0.1, 0.15) is 27.5 Å². The smallest absolute Gasteiger partial charge is 0.252 e. The Labute approximate surface area is 175 Å². The van der Waals surface area contributed by atoms with Crippen molar-refractivity contribution in [1.29, 1.82) is 0 Å². The van der Waals surface area contributed by atoms with Crippen LogP contribution in [0.2, 0.25) is 5.02 Å². The number of methoxy groups -OCH3 is 3. The van der Waals surface area contributed by atoms with E-state index in [-0.39, 0.29) is 11.9 Å². The molecule has 29 heavy (non-hydrogen) atoms. The van der Waals surface area contributed by atoms with E-state index in [0.29, 0.717) is 27.8 Å². The highest BCUT2D eigenvalue weighted by Crippen LogP contribution is 2.38. The lowest BCUT2D eigenvalue weighted by Gasteiger charge is -2.21. The summed E-state index contributed by atoms with van der Waals surface area (Å²) in [5.74, 6) is 0.997. The Morgan fingerprint density at radius 3 is 1.90 bits per heavy atom. The van der Waals surface area contributed by atoms with E-state index in [4.69, 9.17) is 25.8 Å². The molecule has 0 heterocycles. The molecule has 3 aromatic rings. The first-order valence-corrected chi connectivity index (χ1v) is 9.36. The van der Waals surface area contributed by atoms with Crippen LogP contribution in [0.4, 0.5) is 0 Å². The average molecular weight is 412 g/mol. The molecule has 0 aliphatic rings. The number of benzene rings is 3. The number of hydrogen-bond donors (Lipinski definition) is 1. The van der Waals surface area contributed by atoms with Crippen LogP contribution in [0.15, 0.2) is 66.7 Å². The molecule has 1 amide bonds. The van der Waals surface area contributed by atoms with E-state index >= 15 is 0 Å². The van der Waals surface area contributed by atoms with Crippen LogP contribution < -0.4 is 19.5 Å². The number of amides is 1. The van der Waals surface area contributed by atoms with E-state index < -0.39 is 0 Å². The van der Waals surface area contributed by atoms with E-state index in [2.05, 4.69) is 5.32 Å². The quantitative estimate of drug-likeness (QED) is 0.601. The first-order chi connectivity index (χ1) is 14.1. The van der Waals surface area contributed by atoms with Gasteiger partial charge in [-0.15, -0.1) is 0 Å². The van der Waals surface area contributed by atoms with Crippen LogP contribution in [0.3, 0.4) is 0 Å². The first-order valence-electron chi connectivity index (χ1n) is 8.98. The van der Waals surface area contributed by atoms with E-state index in [1.54, 1.807) is 24.3 Å². The molecule has 1 N–H and O–H groups in total. The van der Waals surface area contributed by atoms with Crippen molar-refractivity contribution in [2.45, 2.75) is 6.04 Å². The third kappa shape index (κ3) is 4.63. The molecular formula is C23H22ClNO4. The number of halogens is 1. The second-order valence-electron chi connectivity index (χ2n) is 6.28. The summed E-state index contributed by atoms with van der Waals surface area (Å²) in [5, 5.41) is 3.73. The van der Waals surface area contributed by atoms with Gasteiger partial charge >= 0.3 is 0 Å². The zero-order valence-corrected chi connectivity index (χ0v) is 17.2. The van der Waals surface area contributed by atoms with Crippen molar-refractivity contribution in [3.05, 3.63) is 88.4 Å². The average Bonchev–Trinajstić information content (AvgIpc) is 2.77. The molecule has 0 spiro atoms. The Kier molecular flexibility index (Phi) is 6.62. The Morgan fingerprint density at radius 1 is 0.828 bits per heavy atom. The van der Waals surface area contributed by atoms with Gasteiger partial charge in [-0.25, -0.2) is 0 Å². The largest absolute Gasteiger partial charge is 0.493 e. The predicted molar refractivity (Wildman–Crippen MR) is 113 cm³/mol. The van der Waals surface area contributed by atoms with Crippen LogP contribution in [0.25, 0.3) is 0 Å². The molecule has 0 aliphatic heterocycles. The summed E-state index contributed by atoms with van der Waals surface area (Å²) in [6, 6.07) is 20.0. The van der Waals surface area contributed by atoms with Crippen molar-refractivity contribution in [1.82, 2.24) is 5.32 Å². The van der Waals surface area contributed by atoms with Crippen molar-refractivity contribution < 1.29 is 19.0 Å². The highest BCUT2D eigenvalue weighted by molar-refractivity contribution is 6.30. The van der Waals surface area contributed by atoms with Crippen molar-refractivity contribution in [2.75, 3.05) is 21.3 Å². The van der Waals surface area contributed by atoms with E-state index in [1.807, 2.05) is 42.5 Å². The number of ether oxygens (including phenoxy) is 3. The minimum absolute atomic E-state index is 0.270. The summed E-state index contributed by atoms with van der Waals surface area (Å²) in [7, 11) is 4.55. The van der Waals surface area contributed by atoms with Crippen LogP contribution in [0, 0.1) is 0 Å². The summed E-state index contributed by atoms with van der Waals surface area (Å²) in [6.45, 7) is 0. The van der Waals surface area contributed by atoms with Gasteiger partial charge in [-0.1, -0.05) is 54.1 Å². The van der Waals surface area contributed by atoms with Crippen molar-refractivity contribution in [2.24, 2.45) is 0 Å². The molecule has 6 heteroatoms. The van der Waals surface area contributed by atoms with Gasteiger partial charge in [0.2, 0.25) is 5.75 Å². The van der Waals surface area contributed by atoms with Crippen LogP contribution in [-0.2, 0) is 0 Å². The van der Waals surface area contributed by atoms with Crippen LogP contribution in [-0.4, -0.2) is 27.2 Å². The molecule has 0 aromatic heterocycles. The first kappa shape index (κ1) is 20.6. The van der Waals surface area contributed by atoms with Gasteiger partial charge in [-0.3, -0.25) is 4.79 Å². The predicted octanol–water partition coefficient (Wildman–Crippen LogP) is 4.89. The van der Waals surface area contributed by atoms with Gasteiger partial charge in [0.1, 0.15) is 0 Å². The highest BCUT2D eigenvalue weighted by Gasteiger charge is 2.21. The van der Waals surface area contributed by atoms with E-state index in [0.717, 1.165) is 11.1 Å². The van der Waals surface area contributed by atoms with Gasteiger partial charge in [-0.05, 0) is 35.4 Å². The maximum absolute atomic E-state index is 13.1. The minimum atomic E-state index is -0.347. The Hall–Kier alpha value is -3.18. The summed E-state index contributed by atoms with van der Waals surface area (Å²) in [4.78, 5) is 13.1. The lowest BCUT2D eigenvalue weighted by Crippen LogP contribution is -2.29. The minimum Gasteiger partial charge on any atom is -0.493 e. The fourth-order valence-electron chi connectivity index (χ4n) is 3.09. The fourth-order valence-corrected chi connectivity index (χ4v) is 3.21. The molecule has 0 saturated carbocycles. The van der Waals surface area contributed by atoms with Gasteiger partial charge in [0.15, 0.2) is 11.5 Å². The molecule has 0 radical (unpaired) electrons. The Balaban J connectivity index is 1.98. The van der Waals surface area contributed by atoms with Gasteiger partial charge in [0.25, 0.3) is 5.91 Å². The molecule has 0 saturated heterocycles. The topological polar surface area (TPSA) is 56.8 Å². The van der Waals surface area contributed by atoms with Crippen molar-refractivity contribution >= 4 is 17.5 Å². The normalized spacial score (nSPS) is 11.4. The molecule has 0 aliphatic carbocycles. The van der Waals surface area contributed by atoms with E-state index in [9.17, 15) is 4.79 Å². The summed E-state index contributed by atoms with van der Waals surface area (Å²) < 4.78 is 16.0. The SMILES string of the molecule is COc1cc(C(=O)NC(c2ccccc2)c2ccc(Cl)cc2)cc(OC)c1OC.